The smallest absolute Gasteiger partial charge is 0.166 e. The van der Waals surface area contributed by atoms with Crippen LogP contribution in [0.5, 0.6) is 0 Å². The summed E-state index contributed by atoms with van der Waals surface area (Å²) < 4.78 is 0. The van der Waals surface area contributed by atoms with Crippen molar-refractivity contribution in [2.45, 2.75) is 99.6 Å². The molecular formula is C28H48N2S. The summed E-state index contributed by atoms with van der Waals surface area (Å²) in [5, 5.41) is 1.08. The number of hydrogen-bond donors (Lipinski definition) is 1. The van der Waals surface area contributed by atoms with Crippen molar-refractivity contribution in [3.8, 4) is 0 Å². The molecule has 2 nitrogen and oxygen atoms in total. The largest absolute Gasteiger partial charge is 0.333 e. The van der Waals surface area contributed by atoms with Crippen molar-refractivity contribution >= 4 is 22.8 Å². The van der Waals surface area contributed by atoms with Gasteiger partial charge in [-0.2, -0.15) is 0 Å². The Morgan fingerprint density at radius 2 is 1.71 bits per heavy atom. The van der Waals surface area contributed by atoms with Crippen molar-refractivity contribution in [2.24, 2.45) is 35.0 Å². The second kappa shape index (κ2) is 11.8. The third kappa shape index (κ3) is 8.48. The van der Waals surface area contributed by atoms with Crippen LogP contribution in [0.3, 0.4) is 0 Å². The molecule has 1 N–H and O–H groups in total. The maximum atomic E-state index is 4.84. The van der Waals surface area contributed by atoms with Crippen LogP contribution in [-0.2, 0) is 0 Å². The van der Waals surface area contributed by atoms with E-state index in [1.807, 2.05) is 11.8 Å². The summed E-state index contributed by atoms with van der Waals surface area (Å²) in [5.74, 6) is 4.92. The van der Waals surface area contributed by atoms with Crippen molar-refractivity contribution in [1.82, 2.24) is 9.97 Å². The van der Waals surface area contributed by atoms with Gasteiger partial charge in [0.1, 0.15) is 0 Å². The molecule has 3 unspecified atom stereocenters. The molecule has 0 bridgehead atoms. The van der Waals surface area contributed by atoms with Gasteiger partial charge < -0.3 is 4.98 Å². The predicted molar refractivity (Wildman–Crippen MR) is 140 cm³/mol. The van der Waals surface area contributed by atoms with E-state index < -0.39 is 0 Å². The molecule has 0 fully saturated rings. The molecule has 3 heteroatoms. The van der Waals surface area contributed by atoms with Gasteiger partial charge in [-0.1, -0.05) is 86.1 Å². The summed E-state index contributed by atoms with van der Waals surface area (Å²) in [4.78, 5) is 8.38. The van der Waals surface area contributed by atoms with E-state index in [1.54, 1.807) is 0 Å². The van der Waals surface area contributed by atoms with Crippen molar-refractivity contribution in [2.75, 3.05) is 5.75 Å². The zero-order chi connectivity index (χ0) is 23.2. The Morgan fingerprint density at radius 1 is 1.00 bits per heavy atom. The van der Waals surface area contributed by atoms with Crippen LogP contribution in [0.4, 0.5) is 0 Å². The molecule has 0 radical (unpaired) electrons. The molecule has 0 amide bonds. The number of imidazole rings is 1. The van der Waals surface area contributed by atoms with Gasteiger partial charge in [0.15, 0.2) is 5.16 Å². The highest BCUT2D eigenvalue weighted by Gasteiger charge is 2.30. The Balaban J connectivity index is 2.04. The molecule has 1 aromatic heterocycles. The Labute approximate surface area is 196 Å². The minimum Gasteiger partial charge on any atom is -0.333 e. The van der Waals surface area contributed by atoms with E-state index in [1.165, 1.54) is 37.7 Å². The first-order chi connectivity index (χ1) is 14.5. The summed E-state index contributed by atoms with van der Waals surface area (Å²) in [6, 6.07) is 6.48. The number of hydrogen-bond acceptors (Lipinski definition) is 2. The van der Waals surface area contributed by atoms with Gasteiger partial charge in [-0.25, -0.2) is 4.98 Å². The Kier molecular flexibility index (Phi) is 9.98. The van der Waals surface area contributed by atoms with E-state index in [4.69, 9.17) is 4.98 Å². The molecule has 2 rings (SSSR count). The molecular weight excluding hydrogens is 396 g/mol. The third-order valence-corrected chi connectivity index (χ3v) is 8.35. The van der Waals surface area contributed by atoms with Crippen molar-refractivity contribution in [3.05, 3.63) is 23.8 Å². The van der Waals surface area contributed by atoms with Gasteiger partial charge in [0.2, 0.25) is 0 Å². The SMILES string of the molecule is Cc1ccc2nc(SCC(CC(C)C(C)(C)CCCC(C)C)C(C)CC(C)C)[nH]c2c1. The van der Waals surface area contributed by atoms with Crippen LogP contribution < -0.4 is 0 Å². The van der Waals surface area contributed by atoms with E-state index in [-0.39, 0.29) is 0 Å². The maximum absolute atomic E-state index is 4.84. The number of rotatable bonds is 13. The van der Waals surface area contributed by atoms with Gasteiger partial charge >= 0.3 is 0 Å². The van der Waals surface area contributed by atoms with Crippen LogP contribution in [0.25, 0.3) is 11.0 Å². The van der Waals surface area contributed by atoms with Crippen LogP contribution in [0.1, 0.15) is 93.1 Å². The van der Waals surface area contributed by atoms with Crippen LogP contribution in [0.15, 0.2) is 23.4 Å². The fourth-order valence-electron chi connectivity index (χ4n) is 4.74. The topological polar surface area (TPSA) is 28.7 Å². The summed E-state index contributed by atoms with van der Waals surface area (Å²) >= 11 is 1.92. The average Bonchev–Trinajstić information content (AvgIpc) is 3.05. The average molecular weight is 445 g/mol. The molecule has 3 atom stereocenters. The standard InChI is InChI=1S/C28H48N2S/c1-19(2)11-10-14-28(8,9)23(7)17-24(22(6)15-20(3)4)18-31-27-29-25-13-12-21(5)16-26(25)30-27/h12-13,16,19-20,22-24H,10-11,14-15,17-18H2,1-9H3,(H,29,30). The maximum Gasteiger partial charge on any atom is 0.166 e. The van der Waals surface area contributed by atoms with Gasteiger partial charge in [0.25, 0.3) is 0 Å². The number of aromatic nitrogens is 2. The summed E-state index contributed by atoms with van der Waals surface area (Å²) in [6.07, 6.45) is 6.67. The van der Waals surface area contributed by atoms with Gasteiger partial charge in [-0.15, -0.1) is 0 Å². The molecule has 0 saturated carbocycles. The number of thioether (sulfide) groups is 1. The highest BCUT2D eigenvalue weighted by molar-refractivity contribution is 7.99. The zero-order valence-electron chi connectivity index (χ0n) is 21.7. The minimum atomic E-state index is 0.409. The molecule has 0 spiro atoms. The number of benzene rings is 1. The highest BCUT2D eigenvalue weighted by Crippen LogP contribution is 2.40. The van der Waals surface area contributed by atoms with E-state index in [0.29, 0.717) is 5.41 Å². The minimum absolute atomic E-state index is 0.409. The normalized spacial score (nSPS) is 15.7. The lowest BCUT2D eigenvalue weighted by Crippen LogP contribution is -2.27. The van der Waals surface area contributed by atoms with Gasteiger partial charge in [0, 0.05) is 5.75 Å². The second-order valence-corrected chi connectivity index (χ2v) is 12.7. The number of fused-ring (bicyclic) bond motifs is 1. The van der Waals surface area contributed by atoms with Crippen LogP contribution >= 0.6 is 11.8 Å². The van der Waals surface area contributed by atoms with E-state index in [0.717, 1.165) is 51.5 Å². The number of H-pyrrole nitrogens is 1. The lowest BCUT2D eigenvalue weighted by atomic mass is 9.70. The number of nitrogens with zero attached hydrogens (tertiary/aromatic N) is 1. The quantitative estimate of drug-likeness (QED) is 0.312. The highest BCUT2D eigenvalue weighted by atomic mass is 32.2. The van der Waals surface area contributed by atoms with Gasteiger partial charge in [0.05, 0.1) is 11.0 Å². The Bertz CT molecular complexity index is 789. The van der Waals surface area contributed by atoms with Crippen LogP contribution in [0, 0.1) is 41.9 Å². The van der Waals surface area contributed by atoms with E-state index in [2.05, 4.69) is 85.5 Å². The zero-order valence-corrected chi connectivity index (χ0v) is 22.5. The molecule has 31 heavy (non-hydrogen) atoms. The third-order valence-electron chi connectivity index (χ3n) is 7.29. The summed E-state index contributed by atoms with van der Waals surface area (Å²) in [6.45, 7) is 21.5. The summed E-state index contributed by atoms with van der Waals surface area (Å²) in [5.41, 5.74) is 3.94. The monoisotopic (exact) mass is 444 g/mol. The first kappa shape index (κ1) is 26.3. The molecule has 1 heterocycles. The van der Waals surface area contributed by atoms with Crippen molar-refractivity contribution in [3.63, 3.8) is 0 Å². The fourth-order valence-corrected chi connectivity index (χ4v) is 5.92. The van der Waals surface area contributed by atoms with Crippen LogP contribution in [-0.4, -0.2) is 15.7 Å². The lowest BCUT2D eigenvalue weighted by Gasteiger charge is -2.36. The molecule has 0 aliphatic carbocycles. The number of aromatic amines is 1. The molecule has 1 aromatic carbocycles. The number of aryl methyl sites for hydroxylation is 1. The first-order valence-electron chi connectivity index (χ1n) is 12.6. The van der Waals surface area contributed by atoms with Gasteiger partial charge in [-0.3, -0.25) is 0 Å². The second-order valence-electron chi connectivity index (χ2n) is 11.7. The van der Waals surface area contributed by atoms with E-state index >= 15 is 0 Å². The molecule has 0 saturated heterocycles. The number of nitrogens with one attached hydrogen (secondary N) is 1. The fraction of sp³-hybridized carbons (Fsp3) is 0.750. The van der Waals surface area contributed by atoms with Crippen molar-refractivity contribution in [1.29, 1.82) is 0 Å². The molecule has 0 aliphatic rings. The Hall–Kier alpha value is -0.960. The van der Waals surface area contributed by atoms with Gasteiger partial charge in [-0.05, 0) is 78.9 Å². The molecule has 0 aliphatic heterocycles. The molecule has 2 aromatic rings. The molecule has 176 valence electrons. The summed E-state index contributed by atoms with van der Waals surface area (Å²) in [7, 11) is 0. The van der Waals surface area contributed by atoms with Crippen LogP contribution in [0.2, 0.25) is 0 Å². The van der Waals surface area contributed by atoms with E-state index in [9.17, 15) is 0 Å². The predicted octanol–water partition coefficient (Wildman–Crippen LogP) is 9.14. The first-order valence-corrected chi connectivity index (χ1v) is 13.6. The lowest BCUT2D eigenvalue weighted by molar-refractivity contribution is 0.153. The van der Waals surface area contributed by atoms with Crippen molar-refractivity contribution < 1.29 is 0 Å². The Morgan fingerprint density at radius 3 is 2.35 bits per heavy atom.